The molecule has 0 fully saturated rings. The molecule has 2 N–H and O–H groups in total. The molecule has 0 aromatic carbocycles. The smallest absolute Gasteiger partial charge is 0.0593 e. The summed E-state index contributed by atoms with van der Waals surface area (Å²) in [6.45, 7) is 8.27. The van der Waals surface area contributed by atoms with Gasteiger partial charge in [0.2, 0.25) is 0 Å². The van der Waals surface area contributed by atoms with E-state index in [0.717, 1.165) is 30.8 Å². The van der Waals surface area contributed by atoms with Crippen molar-refractivity contribution in [1.82, 2.24) is 4.90 Å². The van der Waals surface area contributed by atoms with Gasteiger partial charge < -0.3 is 10.5 Å². The molecule has 1 atom stereocenters. The van der Waals surface area contributed by atoms with Crippen LogP contribution in [-0.4, -0.2) is 37.7 Å². The third kappa shape index (κ3) is 4.34. The van der Waals surface area contributed by atoms with E-state index in [4.69, 9.17) is 10.5 Å². The topological polar surface area (TPSA) is 38.5 Å². The summed E-state index contributed by atoms with van der Waals surface area (Å²) in [5.41, 5.74) is 5.92. The fraction of sp³-hybridized carbons (Fsp3) is 0.667. The third-order valence-electron chi connectivity index (χ3n) is 2.74. The molecule has 0 saturated heterocycles. The molecule has 0 saturated carbocycles. The molecule has 0 aliphatic carbocycles. The van der Waals surface area contributed by atoms with Crippen LogP contribution >= 0.6 is 27.3 Å². The van der Waals surface area contributed by atoms with Crippen LogP contribution in [0.25, 0.3) is 0 Å². The largest absolute Gasteiger partial charge is 0.380 e. The van der Waals surface area contributed by atoms with Crippen molar-refractivity contribution in [1.29, 1.82) is 0 Å². The van der Waals surface area contributed by atoms with Gasteiger partial charge in [0.25, 0.3) is 0 Å². The average molecular weight is 321 g/mol. The first-order valence-electron chi connectivity index (χ1n) is 5.99. The Balaban J connectivity index is 2.66. The van der Waals surface area contributed by atoms with Crippen LogP contribution in [0, 0.1) is 0 Å². The number of thiophene rings is 1. The highest BCUT2D eigenvalue weighted by Gasteiger charge is 2.20. The molecule has 0 amide bonds. The second kappa shape index (κ2) is 8.21. The van der Waals surface area contributed by atoms with Gasteiger partial charge in [-0.1, -0.05) is 6.92 Å². The van der Waals surface area contributed by atoms with E-state index >= 15 is 0 Å². The van der Waals surface area contributed by atoms with E-state index in [0.29, 0.717) is 6.54 Å². The van der Waals surface area contributed by atoms with Crippen molar-refractivity contribution >= 4 is 27.3 Å². The summed E-state index contributed by atoms with van der Waals surface area (Å²) in [6, 6.07) is 2.37. The molecule has 1 aromatic rings. The highest BCUT2D eigenvalue weighted by atomic mass is 79.9. The van der Waals surface area contributed by atoms with Crippen molar-refractivity contribution in [2.75, 3.05) is 32.8 Å². The molecule has 0 spiro atoms. The minimum Gasteiger partial charge on any atom is -0.380 e. The van der Waals surface area contributed by atoms with Crippen LogP contribution in [0.2, 0.25) is 0 Å². The van der Waals surface area contributed by atoms with E-state index in [1.54, 1.807) is 11.3 Å². The Hall–Kier alpha value is 0.0600. The van der Waals surface area contributed by atoms with Crippen LogP contribution in [0.3, 0.4) is 0 Å². The number of halogens is 1. The first kappa shape index (κ1) is 15.1. The van der Waals surface area contributed by atoms with Gasteiger partial charge in [-0.25, -0.2) is 0 Å². The lowest BCUT2D eigenvalue weighted by molar-refractivity contribution is 0.0986. The number of nitrogens with two attached hydrogens (primary N) is 1. The Morgan fingerprint density at radius 3 is 2.76 bits per heavy atom. The van der Waals surface area contributed by atoms with Gasteiger partial charge in [0.05, 0.1) is 12.6 Å². The molecule has 0 radical (unpaired) electrons. The van der Waals surface area contributed by atoms with E-state index in [9.17, 15) is 0 Å². The van der Waals surface area contributed by atoms with E-state index in [1.807, 2.05) is 6.92 Å². The first-order chi connectivity index (χ1) is 8.24. The number of nitrogens with zero attached hydrogens (tertiary/aromatic N) is 1. The molecule has 3 nitrogen and oxygen atoms in total. The molecule has 1 unspecified atom stereocenters. The summed E-state index contributed by atoms with van der Waals surface area (Å²) in [5, 5.41) is 2.10. The van der Waals surface area contributed by atoms with Crippen molar-refractivity contribution in [3.8, 4) is 0 Å². The van der Waals surface area contributed by atoms with Gasteiger partial charge in [0, 0.05) is 29.0 Å². The zero-order valence-electron chi connectivity index (χ0n) is 10.5. The van der Waals surface area contributed by atoms with Gasteiger partial charge >= 0.3 is 0 Å². The number of hydrogen-bond donors (Lipinski definition) is 1. The lowest BCUT2D eigenvalue weighted by Gasteiger charge is -2.29. The van der Waals surface area contributed by atoms with Crippen molar-refractivity contribution < 1.29 is 4.74 Å². The lowest BCUT2D eigenvalue weighted by Crippen LogP contribution is -2.35. The zero-order chi connectivity index (χ0) is 12.7. The fourth-order valence-corrected chi connectivity index (χ4v) is 3.61. The minimum absolute atomic E-state index is 0.287. The van der Waals surface area contributed by atoms with E-state index in [-0.39, 0.29) is 6.04 Å². The van der Waals surface area contributed by atoms with E-state index in [1.165, 1.54) is 4.88 Å². The summed E-state index contributed by atoms with van der Waals surface area (Å²) in [7, 11) is 0. The van der Waals surface area contributed by atoms with Crippen LogP contribution in [0.5, 0.6) is 0 Å². The van der Waals surface area contributed by atoms with Gasteiger partial charge in [0.1, 0.15) is 0 Å². The molecule has 17 heavy (non-hydrogen) atoms. The Bertz CT molecular complexity index is 319. The number of rotatable bonds is 8. The molecular weight excluding hydrogens is 300 g/mol. The van der Waals surface area contributed by atoms with Gasteiger partial charge in [0.15, 0.2) is 0 Å². The van der Waals surface area contributed by atoms with E-state index < -0.39 is 0 Å². The summed E-state index contributed by atoms with van der Waals surface area (Å²) in [6.07, 6.45) is 0. The average Bonchev–Trinajstić information content (AvgIpc) is 2.75. The normalized spacial score (nSPS) is 13.2. The molecule has 0 aliphatic heterocycles. The maximum absolute atomic E-state index is 5.92. The zero-order valence-corrected chi connectivity index (χ0v) is 12.9. The monoisotopic (exact) mass is 320 g/mol. The number of likely N-dealkylation sites (N-methyl/N-ethyl adjacent to an activating group) is 1. The molecule has 98 valence electrons. The summed E-state index contributed by atoms with van der Waals surface area (Å²) in [5.74, 6) is 0. The van der Waals surface area contributed by atoms with Crippen LogP contribution in [-0.2, 0) is 4.74 Å². The Labute approximate surface area is 116 Å². The highest BCUT2D eigenvalue weighted by Crippen LogP contribution is 2.31. The second-order valence-electron chi connectivity index (χ2n) is 3.71. The SMILES string of the molecule is CCOCCN(CC)C(CN)c1sccc1Br. The molecule has 5 heteroatoms. The Morgan fingerprint density at radius 2 is 2.29 bits per heavy atom. The number of ether oxygens (including phenoxy) is 1. The minimum atomic E-state index is 0.287. The molecule has 1 rings (SSSR count). The summed E-state index contributed by atoms with van der Waals surface area (Å²) < 4.78 is 6.58. The maximum Gasteiger partial charge on any atom is 0.0593 e. The van der Waals surface area contributed by atoms with Crippen LogP contribution < -0.4 is 5.73 Å². The van der Waals surface area contributed by atoms with Crippen LogP contribution in [0.4, 0.5) is 0 Å². The Morgan fingerprint density at radius 1 is 1.53 bits per heavy atom. The van der Waals surface area contributed by atoms with Gasteiger partial charge in [-0.3, -0.25) is 4.90 Å². The predicted octanol–water partition coefficient (Wildman–Crippen LogP) is 2.87. The summed E-state index contributed by atoms with van der Waals surface area (Å²) in [4.78, 5) is 3.68. The lowest BCUT2D eigenvalue weighted by atomic mass is 10.2. The number of hydrogen-bond acceptors (Lipinski definition) is 4. The molecule has 1 aromatic heterocycles. The van der Waals surface area contributed by atoms with Gasteiger partial charge in [-0.15, -0.1) is 11.3 Å². The fourth-order valence-electron chi connectivity index (χ4n) is 1.83. The van der Waals surface area contributed by atoms with E-state index in [2.05, 4.69) is 39.2 Å². The maximum atomic E-state index is 5.92. The molecule has 0 bridgehead atoms. The predicted molar refractivity (Wildman–Crippen MR) is 77.6 cm³/mol. The van der Waals surface area contributed by atoms with Crippen molar-refractivity contribution in [2.45, 2.75) is 19.9 Å². The Kier molecular flexibility index (Phi) is 7.30. The van der Waals surface area contributed by atoms with Crippen molar-refractivity contribution in [3.05, 3.63) is 20.8 Å². The third-order valence-corrected chi connectivity index (χ3v) is 4.72. The highest BCUT2D eigenvalue weighted by molar-refractivity contribution is 9.10. The molecular formula is C12H21BrN2OS. The van der Waals surface area contributed by atoms with Gasteiger partial charge in [-0.2, -0.15) is 0 Å². The van der Waals surface area contributed by atoms with Crippen molar-refractivity contribution in [2.24, 2.45) is 5.73 Å². The molecule has 1 heterocycles. The van der Waals surface area contributed by atoms with Gasteiger partial charge in [-0.05, 0) is 40.8 Å². The van der Waals surface area contributed by atoms with Crippen LogP contribution in [0.1, 0.15) is 24.8 Å². The van der Waals surface area contributed by atoms with Crippen LogP contribution in [0.15, 0.2) is 15.9 Å². The van der Waals surface area contributed by atoms with Crippen molar-refractivity contribution in [3.63, 3.8) is 0 Å². The molecule has 0 aliphatic rings. The quantitative estimate of drug-likeness (QED) is 0.748. The summed E-state index contributed by atoms with van der Waals surface area (Å²) >= 11 is 5.34. The first-order valence-corrected chi connectivity index (χ1v) is 7.66. The second-order valence-corrected chi connectivity index (χ2v) is 5.51. The standard InChI is InChI=1S/C12H21BrN2OS/c1-3-15(6-7-16-4-2)11(9-14)12-10(13)5-8-17-12/h5,8,11H,3-4,6-7,9,14H2,1-2H3.